The Labute approximate surface area is 195 Å². The number of likely N-dealkylation sites (N-methyl/N-ethyl adjacent to an activating group) is 1. The van der Waals surface area contributed by atoms with E-state index < -0.39 is 75.0 Å². The average molecular weight is 480 g/mol. The summed E-state index contributed by atoms with van der Waals surface area (Å²) < 4.78 is 0. The Morgan fingerprint density at radius 1 is 1.15 bits per heavy atom. The first-order valence-electron chi connectivity index (χ1n) is 9.97. The molecule has 10 nitrogen and oxygen atoms in total. The molecule has 5 atom stereocenters. The molecule has 1 fully saturated rings. The summed E-state index contributed by atoms with van der Waals surface area (Å²) in [5.41, 5.74) is -0.548. The zero-order chi connectivity index (χ0) is 23.9. The lowest BCUT2D eigenvalue weighted by Gasteiger charge is -2.53. The second-order valence-electron chi connectivity index (χ2n) is 8.96. The SMILES string of the molecule is CN(C)C1C(=O)C(C(N)=O)=C(O)[C@@]2(O)C(=O)C3=C(O)c4c(O)cccc4[C@@](C)(O)C3CC12.[Cl-]. The molecule has 0 aromatic heterocycles. The Bertz CT molecular complexity index is 1160. The van der Waals surface area contributed by atoms with Gasteiger partial charge in [0.15, 0.2) is 11.4 Å². The van der Waals surface area contributed by atoms with Gasteiger partial charge < -0.3 is 43.7 Å². The van der Waals surface area contributed by atoms with Crippen LogP contribution in [-0.4, -0.2) is 73.6 Å². The lowest BCUT2D eigenvalue weighted by molar-refractivity contribution is -0.159. The van der Waals surface area contributed by atoms with Crippen LogP contribution in [0.5, 0.6) is 5.75 Å². The van der Waals surface area contributed by atoms with E-state index in [1.54, 1.807) is 0 Å². The highest BCUT2D eigenvalue weighted by molar-refractivity contribution is 6.24. The maximum atomic E-state index is 13.7. The number of rotatable bonds is 2. The summed E-state index contributed by atoms with van der Waals surface area (Å²) in [4.78, 5) is 40.0. The summed E-state index contributed by atoms with van der Waals surface area (Å²) in [5.74, 6) is -7.90. The number of carbonyl (C=O) groups excluding carboxylic acids is 3. The molecular weight excluding hydrogens is 456 g/mol. The maximum absolute atomic E-state index is 13.7. The van der Waals surface area contributed by atoms with Gasteiger partial charge >= 0.3 is 0 Å². The van der Waals surface area contributed by atoms with E-state index in [1.165, 1.54) is 44.1 Å². The Balaban J connectivity index is 0.00000306. The Morgan fingerprint density at radius 3 is 2.30 bits per heavy atom. The van der Waals surface area contributed by atoms with Gasteiger partial charge in [0.05, 0.1) is 17.2 Å². The van der Waals surface area contributed by atoms with Crippen LogP contribution >= 0.6 is 0 Å². The number of halogens is 1. The number of benzene rings is 1. The molecule has 0 bridgehead atoms. The number of hydrogen-bond acceptors (Lipinski definition) is 9. The van der Waals surface area contributed by atoms with E-state index >= 15 is 0 Å². The zero-order valence-corrected chi connectivity index (χ0v) is 18.8. The largest absolute Gasteiger partial charge is 1.00 e. The molecule has 0 aliphatic heterocycles. The van der Waals surface area contributed by atoms with Crippen LogP contribution in [0.15, 0.2) is 35.1 Å². The highest BCUT2D eigenvalue weighted by Crippen LogP contribution is 2.57. The number of primary amides is 1. The van der Waals surface area contributed by atoms with Crippen molar-refractivity contribution in [2.75, 3.05) is 14.1 Å². The van der Waals surface area contributed by atoms with Crippen molar-refractivity contribution < 1.29 is 52.3 Å². The van der Waals surface area contributed by atoms with Crippen molar-refractivity contribution in [1.82, 2.24) is 4.90 Å². The van der Waals surface area contributed by atoms with Crippen molar-refractivity contribution in [3.05, 3.63) is 46.2 Å². The molecule has 11 heteroatoms. The summed E-state index contributed by atoms with van der Waals surface area (Å²) in [6.45, 7) is 1.40. The number of ketones is 2. The minimum Gasteiger partial charge on any atom is -1.00 e. The summed E-state index contributed by atoms with van der Waals surface area (Å²) in [6.07, 6.45) is -0.200. The van der Waals surface area contributed by atoms with Crippen molar-refractivity contribution in [1.29, 1.82) is 0 Å². The standard InChI is InChI=1S/C22H24N2O8.ClH/c1-21(31)8-5-4-6-11(25)12(8)16(26)13-9(21)7-10-15(24(2)3)17(27)14(20(23)30)19(29)22(10,32)18(13)28;/h4-6,9-10,15,25-26,29,31-32H,7H2,1-3H3,(H2,23,30);1H/p-1/t9?,10?,15?,21-,22+;/m1./s1. The Kier molecular flexibility index (Phi) is 5.66. The molecule has 0 spiro atoms. The number of hydrogen-bond donors (Lipinski definition) is 6. The van der Waals surface area contributed by atoms with Gasteiger partial charge in [0.2, 0.25) is 5.78 Å². The molecule has 3 unspecified atom stereocenters. The Morgan fingerprint density at radius 2 is 1.76 bits per heavy atom. The number of carbonyl (C=O) groups is 3. The minimum absolute atomic E-state index is 0. The van der Waals surface area contributed by atoms with Gasteiger partial charge in [0.1, 0.15) is 22.8 Å². The molecule has 0 radical (unpaired) electrons. The fourth-order valence-corrected chi connectivity index (χ4v) is 5.50. The third-order valence-corrected chi connectivity index (χ3v) is 7.02. The van der Waals surface area contributed by atoms with E-state index in [-0.39, 0.29) is 30.0 Å². The van der Waals surface area contributed by atoms with Crippen molar-refractivity contribution in [3.63, 3.8) is 0 Å². The summed E-state index contributed by atoms with van der Waals surface area (Å²) in [6, 6.07) is 3.02. The van der Waals surface area contributed by atoms with E-state index in [1.807, 2.05) is 0 Å². The number of aromatic hydroxyl groups is 1. The van der Waals surface area contributed by atoms with Gasteiger partial charge in [-0.3, -0.25) is 19.3 Å². The first-order chi connectivity index (χ1) is 14.8. The van der Waals surface area contributed by atoms with Gasteiger partial charge in [0.25, 0.3) is 5.91 Å². The molecule has 0 saturated heterocycles. The lowest BCUT2D eigenvalue weighted by Crippen LogP contribution is -3.00. The highest BCUT2D eigenvalue weighted by Gasteiger charge is 2.66. The molecule has 1 aromatic rings. The molecule has 1 aromatic carbocycles. The van der Waals surface area contributed by atoms with E-state index in [2.05, 4.69) is 0 Å². The van der Waals surface area contributed by atoms with Crippen LogP contribution in [-0.2, 0) is 20.0 Å². The third-order valence-electron chi connectivity index (χ3n) is 7.02. The number of fused-ring (bicyclic) bond motifs is 3. The number of aliphatic hydroxyl groups is 4. The molecule has 3 aliphatic rings. The number of phenolic OH excluding ortho intramolecular Hbond substituents is 1. The van der Waals surface area contributed by atoms with Crippen LogP contribution in [0.4, 0.5) is 0 Å². The smallest absolute Gasteiger partial charge is 0.255 e. The van der Waals surface area contributed by atoms with E-state index in [9.17, 15) is 39.9 Å². The fourth-order valence-electron chi connectivity index (χ4n) is 5.50. The second kappa shape index (κ2) is 7.56. The normalized spacial score (nSPS) is 33.3. The van der Waals surface area contributed by atoms with Crippen LogP contribution in [0.1, 0.15) is 24.5 Å². The van der Waals surface area contributed by atoms with E-state index in [0.29, 0.717) is 0 Å². The summed E-state index contributed by atoms with van der Waals surface area (Å²) >= 11 is 0. The number of aliphatic hydroxyl groups excluding tert-OH is 2. The number of amides is 1. The van der Waals surface area contributed by atoms with Crippen LogP contribution in [0.3, 0.4) is 0 Å². The monoisotopic (exact) mass is 479 g/mol. The predicted octanol–water partition coefficient (Wildman–Crippen LogP) is -3.37. The molecule has 0 heterocycles. The molecule has 1 amide bonds. The van der Waals surface area contributed by atoms with Crippen LogP contribution in [0.2, 0.25) is 0 Å². The topological polar surface area (TPSA) is 182 Å². The van der Waals surface area contributed by atoms with Crippen LogP contribution in [0.25, 0.3) is 5.76 Å². The van der Waals surface area contributed by atoms with Crippen molar-refractivity contribution >= 4 is 23.2 Å². The Hall–Kier alpha value is -2.92. The van der Waals surface area contributed by atoms with Crippen molar-refractivity contribution in [2.24, 2.45) is 17.6 Å². The van der Waals surface area contributed by atoms with Crippen LogP contribution < -0.4 is 18.1 Å². The van der Waals surface area contributed by atoms with Crippen LogP contribution in [0, 0.1) is 11.8 Å². The van der Waals surface area contributed by atoms with Gasteiger partial charge in [-0.25, -0.2) is 0 Å². The molecule has 3 aliphatic carbocycles. The number of phenols is 1. The maximum Gasteiger partial charge on any atom is 0.255 e. The molecule has 4 rings (SSSR count). The predicted molar refractivity (Wildman–Crippen MR) is 110 cm³/mol. The molecule has 33 heavy (non-hydrogen) atoms. The number of Topliss-reactive ketones (excluding diaryl/α,β-unsaturated/α-hetero) is 2. The van der Waals surface area contributed by atoms with Crippen molar-refractivity contribution in [2.45, 2.75) is 30.6 Å². The van der Waals surface area contributed by atoms with Gasteiger partial charge in [0, 0.05) is 17.4 Å². The molecule has 1 saturated carbocycles. The van der Waals surface area contributed by atoms with Gasteiger partial charge in [-0.2, -0.15) is 0 Å². The van der Waals surface area contributed by atoms with E-state index in [4.69, 9.17) is 5.73 Å². The minimum atomic E-state index is -2.75. The third kappa shape index (κ3) is 2.95. The highest BCUT2D eigenvalue weighted by atomic mass is 35.5. The van der Waals surface area contributed by atoms with E-state index in [0.717, 1.165) is 0 Å². The summed E-state index contributed by atoms with van der Waals surface area (Å²) in [5, 5.41) is 54.9. The lowest BCUT2D eigenvalue weighted by atomic mass is 9.54. The van der Waals surface area contributed by atoms with Gasteiger partial charge in [-0.05, 0) is 39.1 Å². The number of nitrogens with two attached hydrogens (primary N) is 1. The average Bonchev–Trinajstić information content (AvgIpc) is 2.68. The first-order valence-corrected chi connectivity index (χ1v) is 9.97. The zero-order valence-electron chi connectivity index (χ0n) is 18.0. The molecule has 7 N–H and O–H groups in total. The molecule has 178 valence electrons. The fraction of sp³-hybridized carbons (Fsp3) is 0.409. The summed E-state index contributed by atoms with van der Waals surface area (Å²) in [7, 11) is 3.01. The van der Waals surface area contributed by atoms with Gasteiger partial charge in [-0.15, -0.1) is 0 Å². The first kappa shape index (κ1) is 24.7. The molecular formula is C22H24ClN2O8-. The second-order valence-corrected chi connectivity index (χ2v) is 8.96. The van der Waals surface area contributed by atoms with Crippen molar-refractivity contribution in [3.8, 4) is 5.75 Å². The number of nitrogens with zero attached hydrogens (tertiary/aromatic N) is 1. The van der Waals surface area contributed by atoms with Gasteiger partial charge in [-0.1, -0.05) is 12.1 Å². The quantitative estimate of drug-likeness (QED) is 0.236.